The molecule has 4 nitrogen and oxygen atoms in total. The molecule has 0 spiro atoms. The fourth-order valence-corrected chi connectivity index (χ4v) is 3.03. The highest BCUT2D eigenvalue weighted by Crippen LogP contribution is 2.18. The molecular formula is C19H26N4. The first-order valence-electron chi connectivity index (χ1n) is 8.70. The molecule has 0 saturated carbocycles. The highest BCUT2D eigenvalue weighted by molar-refractivity contribution is 5.43. The van der Waals surface area contributed by atoms with Crippen molar-refractivity contribution in [2.45, 2.75) is 39.0 Å². The first-order chi connectivity index (χ1) is 11.3. The molecule has 1 fully saturated rings. The summed E-state index contributed by atoms with van der Waals surface area (Å²) in [7, 11) is 0. The van der Waals surface area contributed by atoms with Gasteiger partial charge < -0.3 is 10.2 Å². The van der Waals surface area contributed by atoms with Crippen molar-refractivity contribution in [3.63, 3.8) is 0 Å². The maximum absolute atomic E-state index is 4.71. The second-order valence-electron chi connectivity index (χ2n) is 6.26. The molecule has 122 valence electrons. The van der Waals surface area contributed by atoms with Gasteiger partial charge in [-0.15, -0.1) is 0 Å². The number of hydrogen-bond donors (Lipinski definition) is 1. The van der Waals surface area contributed by atoms with Gasteiger partial charge in [0.1, 0.15) is 5.82 Å². The fraction of sp³-hybridized carbons (Fsp3) is 0.474. The first kappa shape index (κ1) is 15.8. The van der Waals surface area contributed by atoms with Crippen molar-refractivity contribution in [1.29, 1.82) is 0 Å². The van der Waals surface area contributed by atoms with E-state index in [9.17, 15) is 0 Å². The summed E-state index contributed by atoms with van der Waals surface area (Å²) in [4.78, 5) is 11.6. The van der Waals surface area contributed by atoms with Crippen molar-refractivity contribution in [2.75, 3.05) is 29.9 Å². The summed E-state index contributed by atoms with van der Waals surface area (Å²) in [5.74, 6) is 1.83. The van der Waals surface area contributed by atoms with Crippen LogP contribution in [0, 0.1) is 6.92 Å². The Morgan fingerprint density at radius 2 is 1.83 bits per heavy atom. The van der Waals surface area contributed by atoms with Crippen LogP contribution in [0.4, 0.5) is 11.8 Å². The SMILES string of the molecule is Cc1cc(NCCCc2ccccc2)nc(N2CCCCC2)n1. The molecule has 1 N–H and O–H groups in total. The Balaban J connectivity index is 1.54. The van der Waals surface area contributed by atoms with E-state index in [1.807, 2.05) is 13.0 Å². The predicted octanol–water partition coefficient (Wildman–Crippen LogP) is 3.82. The Bertz CT molecular complexity index is 606. The zero-order chi connectivity index (χ0) is 15.9. The second kappa shape index (κ2) is 7.95. The van der Waals surface area contributed by atoms with Crippen LogP contribution in [0.5, 0.6) is 0 Å². The molecule has 3 rings (SSSR count). The molecule has 0 unspecified atom stereocenters. The van der Waals surface area contributed by atoms with Gasteiger partial charge in [0.15, 0.2) is 0 Å². The van der Waals surface area contributed by atoms with Crippen LogP contribution in [0.3, 0.4) is 0 Å². The highest BCUT2D eigenvalue weighted by atomic mass is 15.3. The van der Waals surface area contributed by atoms with Crippen LogP contribution in [0.2, 0.25) is 0 Å². The lowest BCUT2D eigenvalue weighted by atomic mass is 10.1. The van der Waals surface area contributed by atoms with Crippen LogP contribution in [0.1, 0.15) is 36.9 Å². The minimum Gasteiger partial charge on any atom is -0.370 e. The molecule has 23 heavy (non-hydrogen) atoms. The fourth-order valence-electron chi connectivity index (χ4n) is 3.03. The Kier molecular flexibility index (Phi) is 5.46. The summed E-state index contributed by atoms with van der Waals surface area (Å²) in [5, 5.41) is 3.46. The summed E-state index contributed by atoms with van der Waals surface area (Å²) in [6.45, 7) is 5.14. The number of benzene rings is 1. The molecule has 0 atom stereocenters. The van der Waals surface area contributed by atoms with E-state index in [0.29, 0.717) is 0 Å². The quantitative estimate of drug-likeness (QED) is 0.824. The van der Waals surface area contributed by atoms with Crippen molar-refractivity contribution in [1.82, 2.24) is 9.97 Å². The Morgan fingerprint density at radius 3 is 2.61 bits per heavy atom. The first-order valence-corrected chi connectivity index (χ1v) is 8.70. The lowest BCUT2D eigenvalue weighted by Crippen LogP contribution is -2.31. The highest BCUT2D eigenvalue weighted by Gasteiger charge is 2.14. The van der Waals surface area contributed by atoms with Gasteiger partial charge in [-0.25, -0.2) is 4.98 Å². The van der Waals surface area contributed by atoms with Crippen LogP contribution < -0.4 is 10.2 Å². The number of anilines is 2. The molecule has 0 amide bonds. The van der Waals surface area contributed by atoms with Crippen molar-refractivity contribution in [3.05, 3.63) is 47.7 Å². The van der Waals surface area contributed by atoms with E-state index < -0.39 is 0 Å². The second-order valence-corrected chi connectivity index (χ2v) is 6.26. The normalized spacial score (nSPS) is 14.7. The van der Waals surface area contributed by atoms with Crippen molar-refractivity contribution in [2.24, 2.45) is 0 Å². The van der Waals surface area contributed by atoms with Crippen molar-refractivity contribution >= 4 is 11.8 Å². The van der Waals surface area contributed by atoms with Crippen molar-refractivity contribution < 1.29 is 0 Å². The van der Waals surface area contributed by atoms with Gasteiger partial charge in [0.2, 0.25) is 5.95 Å². The molecule has 4 heteroatoms. The van der Waals surface area contributed by atoms with Crippen LogP contribution in [0.15, 0.2) is 36.4 Å². The largest absolute Gasteiger partial charge is 0.370 e. The Morgan fingerprint density at radius 1 is 1.04 bits per heavy atom. The average molecular weight is 310 g/mol. The number of piperidine rings is 1. The predicted molar refractivity (Wildman–Crippen MR) is 96.1 cm³/mol. The minimum absolute atomic E-state index is 0.884. The summed E-state index contributed by atoms with van der Waals surface area (Å²) < 4.78 is 0. The molecular weight excluding hydrogens is 284 g/mol. The zero-order valence-corrected chi connectivity index (χ0v) is 14.0. The third-order valence-corrected chi connectivity index (χ3v) is 4.27. The number of aryl methyl sites for hydroxylation is 2. The molecule has 1 aromatic carbocycles. The Labute approximate surface area is 139 Å². The number of nitrogens with zero attached hydrogens (tertiary/aromatic N) is 3. The van der Waals surface area contributed by atoms with E-state index in [0.717, 1.165) is 49.9 Å². The van der Waals surface area contributed by atoms with E-state index in [1.54, 1.807) is 0 Å². The van der Waals surface area contributed by atoms with E-state index in [-0.39, 0.29) is 0 Å². The molecule has 2 aromatic rings. The standard InChI is InChI=1S/C19H26N4/c1-16-15-18(20-12-8-11-17-9-4-2-5-10-17)22-19(21-16)23-13-6-3-7-14-23/h2,4-5,9-10,15H,3,6-8,11-14H2,1H3,(H,20,21,22). The van der Waals surface area contributed by atoms with Gasteiger partial charge in [0.25, 0.3) is 0 Å². The van der Waals surface area contributed by atoms with Gasteiger partial charge in [-0.05, 0) is 44.6 Å². The van der Waals surface area contributed by atoms with E-state index in [2.05, 4.69) is 45.5 Å². The van der Waals surface area contributed by atoms with Crippen LogP contribution in [-0.4, -0.2) is 29.6 Å². The van der Waals surface area contributed by atoms with Crippen molar-refractivity contribution in [3.8, 4) is 0 Å². The lowest BCUT2D eigenvalue weighted by Gasteiger charge is -2.27. The summed E-state index contributed by atoms with van der Waals surface area (Å²) in [6.07, 6.45) is 6.02. The number of hydrogen-bond acceptors (Lipinski definition) is 4. The number of rotatable bonds is 6. The molecule has 1 saturated heterocycles. The van der Waals surface area contributed by atoms with Crippen LogP contribution >= 0.6 is 0 Å². The van der Waals surface area contributed by atoms with Gasteiger partial charge in [0.05, 0.1) is 0 Å². The number of nitrogens with one attached hydrogen (secondary N) is 1. The van der Waals surface area contributed by atoms with Gasteiger partial charge in [0, 0.05) is 31.4 Å². The third kappa shape index (κ3) is 4.68. The molecule has 1 aromatic heterocycles. The molecule has 0 radical (unpaired) electrons. The van der Waals surface area contributed by atoms with E-state index in [4.69, 9.17) is 4.98 Å². The third-order valence-electron chi connectivity index (χ3n) is 4.27. The topological polar surface area (TPSA) is 41.1 Å². The van der Waals surface area contributed by atoms with Gasteiger partial charge in [-0.2, -0.15) is 4.98 Å². The van der Waals surface area contributed by atoms with Gasteiger partial charge in [-0.1, -0.05) is 30.3 Å². The lowest BCUT2D eigenvalue weighted by molar-refractivity contribution is 0.568. The van der Waals surface area contributed by atoms with Gasteiger partial charge in [-0.3, -0.25) is 0 Å². The molecule has 0 bridgehead atoms. The average Bonchev–Trinajstić information content (AvgIpc) is 2.60. The summed E-state index contributed by atoms with van der Waals surface area (Å²) in [5.41, 5.74) is 2.42. The smallest absolute Gasteiger partial charge is 0.227 e. The molecule has 1 aliphatic rings. The molecule has 0 aliphatic carbocycles. The molecule has 1 aliphatic heterocycles. The van der Waals surface area contributed by atoms with E-state index in [1.165, 1.54) is 24.8 Å². The maximum Gasteiger partial charge on any atom is 0.227 e. The zero-order valence-electron chi connectivity index (χ0n) is 14.0. The Hall–Kier alpha value is -2.10. The van der Waals surface area contributed by atoms with Gasteiger partial charge >= 0.3 is 0 Å². The number of aromatic nitrogens is 2. The maximum atomic E-state index is 4.71. The van der Waals surface area contributed by atoms with Crippen LogP contribution in [0.25, 0.3) is 0 Å². The minimum atomic E-state index is 0.884. The van der Waals surface area contributed by atoms with Crippen LogP contribution in [-0.2, 0) is 6.42 Å². The molecule has 2 heterocycles. The van der Waals surface area contributed by atoms with E-state index >= 15 is 0 Å². The summed E-state index contributed by atoms with van der Waals surface area (Å²) >= 11 is 0. The summed E-state index contributed by atoms with van der Waals surface area (Å²) in [6, 6.07) is 12.7. The monoisotopic (exact) mass is 310 g/mol.